The van der Waals surface area contributed by atoms with Gasteiger partial charge in [0.1, 0.15) is 0 Å². The van der Waals surface area contributed by atoms with Crippen molar-refractivity contribution in [3.63, 3.8) is 0 Å². The minimum atomic E-state index is 0.922. The number of nitrogens with one attached hydrogen (secondary N) is 1. The highest BCUT2D eigenvalue weighted by molar-refractivity contribution is 5.84. The van der Waals surface area contributed by atoms with E-state index in [1.807, 2.05) is 24.5 Å². The molecule has 0 saturated carbocycles. The van der Waals surface area contributed by atoms with Crippen molar-refractivity contribution < 1.29 is 0 Å². The highest BCUT2D eigenvalue weighted by Crippen LogP contribution is 2.24. The van der Waals surface area contributed by atoms with Crippen LogP contribution in [0.1, 0.15) is 24.0 Å². The van der Waals surface area contributed by atoms with Gasteiger partial charge in [-0.3, -0.25) is 4.98 Å². The summed E-state index contributed by atoms with van der Waals surface area (Å²) in [5, 5.41) is 4.85. The third kappa shape index (κ3) is 4.37. The van der Waals surface area contributed by atoms with Crippen molar-refractivity contribution in [2.24, 2.45) is 0 Å². The summed E-state index contributed by atoms with van der Waals surface area (Å²) in [5.74, 6) is 0. The largest absolute Gasteiger partial charge is 0.385 e. The van der Waals surface area contributed by atoms with E-state index in [-0.39, 0.29) is 0 Å². The summed E-state index contributed by atoms with van der Waals surface area (Å²) in [6.45, 7) is 1.91. The van der Waals surface area contributed by atoms with Gasteiger partial charge in [0, 0.05) is 48.3 Å². The molecule has 0 spiro atoms. The molecule has 2 aromatic carbocycles. The third-order valence-electron chi connectivity index (χ3n) is 4.95. The molecule has 4 rings (SSSR count). The number of unbranched alkanes of at least 4 members (excludes halogenated alkanes) is 1. The van der Waals surface area contributed by atoms with Crippen LogP contribution in [-0.4, -0.2) is 16.1 Å². The fraction of sp³-hybridized carbons (Fsp3) is 0.208. The van der Waals surface area contributed by atoms with Gasteiger partial charge < -0.3 is 9.88 Å². The number of aromatic nitrogens is 2. The van der Waals surface area contributed by atoms with Crippen LogP contribution in [-0.2, 0) is 13.0 Å². The van der Waals surface area contributed by atoms with Gasteiger partial charge in [0.25, 0.3) is 0 Å². The summed E-state index contributed by atoms with van der Waals surface area (Å²) in [6, 6.07) is 23.5. The quantitative estimate of drug-likeness (QED) is 0.422. The van der Waals surface area contributed by atoms with Gasteiger partial charge in [-0.05, 0) is 48.6 Å². The molecule has 0 unspecified atom stereocenters. The Labute approximate surface area is 160 Å². The van der Waals surface area contributed by atoms with Gasteiger partial charge in [-0.25, -0.2) is 0 Å². The smallest absolute Gasteiger partial charge is 0.0486 e. The first-order valence-corrected chi connectivity index (χ1v) is 9.65. The molecule has 3 nitrogen and oxygen atoms in total. The average molecular weight is 355 g/mol. The molecular weight excluding hydrogens is 330 g/mol. The van der Waals surface area contributed by atoms with Gasteiger partial charge in [0.2, 0.25) is 0 Å². The first-order chi connectivity index (χ1) is 13.4. The molecule has 0 bridgehead atoms. The minimum absolute atomic E-state index is 0.922. The number of anilines is 1. The summed E-state index contributed by atoms with van der Waals surface area (Å²) >= 11 is 0. The van der Waals surface area contributed by atoms with Crippen molar-refractivity contribution in [3.8, 4) is 0 Å². The van der Waals surface area contributed by atoms with E-state index >= 15 is 0 Å². The van der Waals surface area contributed by atoms with Crippen molar-refractivity contribution in [1.82, 2.24) is 9.55 Å². The van der Waals surface area contributed by atoms with Crippen LogP contribution in [0, 0.1) is 0 Å². The number of fused-ring (bicyclic) bond motifs is 1. The molecule has 0 saturated heterocycles. The van der Waals surface area contributed by atoms with Crippen LogP contribution in [0.15, 0.2) is 85.3 Å². The van der Waals surface area contributed by atoms with Gasteiger partial charge >= 0.3 is 0 Å². The summed E-state index contributed by atoms with van der Waals surface area (Å²) in [4.78, 5) is 4.05. The van der Waals surface area contributed by atoms with Gasteiger partial charge in [-0.15, -0.1) is 0 Å². The molecule has 0 atom stereocenters. The maximum Gasteiger partial charge on any atom is 0.0486 e. The van der Waals surface area contributed by atoms with E-state index in [9.17, 15) is 0 Å². The second-order valence-corrected chi connectivity index (χ2v) is 6.90. The Morgan fingerprint density at radius 1 is 0.815 bits per heavy atom. The molecule has 4 aromatic rings. The summed E-state index contributed by atoms with van der Waals surface area (Å²) in [5.41, 5.74) is 5.26. The maximum absolute atomic E-state index is 4.05. The lowest BCUT2D eigenvalue weighted by Gasteiger charge is -2.05. The third-order valence-corrected chi connectivity index (χ3v) is 4.95. The zero-order chi connectivity index (χ0) is 18.3. The molecule has 0 aliphatic rings. The summed E-state index contributed by atoms with van der Waals surface area (Å²) < 4.78 is 2.38. The predicted octanol–water partition coefficient (Wildman–Crippen LogP) is 5.52. The van der Waals surface area contributed by atoms with Gasteiger partial charge in [0.05, 0.1) is 0 Å². The number of aryl methyl sites for hydroxylation is 1. The van der Waals surface area contributed by atoms with E-state index < -0.39 is 0 Å². The topological polar surface area (TPSA) is 29.9 Å². The Hall–Kier alpha value is -3.07. The van der Waals surface area contributed by atoms with Crippen molar-refractivity contribution in [1.29, 1.82) is 0 Å². The molecule has 1 N–H and O–H groups in total. The maximum atomic E-state index is 4.05. The van der Waals surface area contributed by atoms with Gasteiger partial charge in [-0.1, -0.05) is 48.5 Å². The molecule has 3 heteroatoms. The minimum Gasteiger partial charge on any atom is -0.385 e. The van der Waals surface area contributed by atoms with Crippen molar-refractivity contribution >= 4 is 16.6 Å². The molecule has 136 valence electrons. The van der Waals surface area contributed by atoms with E-state index in [0.29, 0.717) is 0 Å². The van der Waals surface area contributed by atoms with Crippen LogP contribution in [0.2, 0.25) is 0 Å². The number of pyridine rings is 1. The highest BCUT2D eigenvalue weighted by atomic mass is 15.0. The average Bonchev–Trinajstić information content (AvgIpc) is 3.07. The molecule has 0 aliphatic heterocycles. The fourth-order valence-corrected chi connectivity index (χ4v) is 3.58. The van der Waals surface area contributed by atoms with Crippen LogP contribution in [0.25, 0.3) is 10.9 Å². The lowest BCUT2D eigenvalue weighted by atomic mass is 10.1. The molecule has 0 amide bonds. The van der Waals surface area contributed by atoms with Crippen LogP contribution in [0.5, 0.6) is 0 Å². The number of para-hydroxylation sites is 1. The fourth-order valence-electron chi connectivity index (χ4n) is 3.58. The number of nitrogens with zero attached hydrogens (tertiary/aromatic N) is 2. The molecule has 2 aromatic heterocycles. The summed E-state index contributed by atoms with van der Waals surface area (Å²) in [6.07, 6.45) is 9.43. The summed E-state index contributed by atoms with van der Waals surface area (Å²) in [7, 11) is 0. The predicted molar refractivity (Wildman–Crippen MR) is 113 cm³/mol. The van der Waals surface area contributed by atoms with Gasteiger partial charge in [-0.2, -0.15) is 0 Å². The lowest BCUT2D eigenvalue weighted by Crippen LogP contribution is -2.02. The molecular formula is C24H25N3. The Kier molecular flexibility index (Phi) is 5.49. The van der Waals surface area contributed by atoms with E-state index in [1.165, 1.54) is 28.5 Å². The standard InChI is InChI=1S/C24H25N3/c1-2-8-20(9-3-1)18-27-19-21(23-11-4-5-12-24(23)27)10-6-7-15-26-22-13-16-25-17-14-22/h1-5,8-9,11-14,16-17,19H,6-7,10,15,18H2,(H,25,26). The second kappa shape index (κ2) is 8.54. The number of hydrogen-bond acceptors (Lipinski definition) is 2. The molecule has 2 heterocycles. The zero-order valence-electron chi connectivity index (χ0n) is 15.5. The van der Waals surface area contributed by atoms with Crippen molar-refractivity contribution in [3.05, 3.63) is 96.4 Å². The molecule has 27 heavy (non-hydrogen) atoms. The molecule has 0 fully saturated rings. The van der Waals surface area contributed by atoms with E-state index in [4.69, 9.17) is 0 Å². The first kappa shape index (κ1) is 17.3. The molecule has 0 aliphatic carbocycles. The zero-order valence-corrected chi connectivity index (χ0v) is 15.5. The van der Waals surface area contributed by atoms with E-state index in [0.717, 1.165) is 31.6 Å². The number of benzene rings is 2. The van der Waals surface area contributed by atoms with Crippen LogP contribution < -0.4 is 5.32 Å². The second-order valence-electron chi connectivity index (χ2n) is 6.90. The van der Waals surface area contributed by atoms with E-state index in [2.05, 4.69) is 75.7 Å². The van der Waals surface area contributed by atoms with Crippen molar-refractivity contribution in [2.75, 3.05) is 11.9 Å². The normalized spacial score (nSPS) is 11.0. The van der Waals surface area contributed by atoms with Crippen LogP contribution >= 0.6 is 0 Å². The Balaban J connectivity index is 1.39. The van der Waals surface area contributed by atoms with E-state index in [1.54, 1.807) is 0 Å². The molecule has 0 radical (unpaired) electrons. The van der Waals surface area contributed by atoms with Crippen LogP contribution in [0.4, 0.5) is 5.69 Å². The number of hydrogen-bond donors (Lipinski definition) is 1. The number of rotatable bonds is 8. The van der Waals surface area contributed by atoms with Crippen molar-refractivity contribution in [2.45, 2.75) is 25.8 Å². The Bertz CT molecular complexity index is 974. The monoisotopic (exact) mass is 355 g/mol. The Morgan fingerprint density at radius 2 is 1.59 bits per heavy atom. The highest BCUT2D eigenvalue weighted by Gasteiger charge is 2.08. The first-order valence-electron chi connectivity index (χ1n) is 9.65. The van der Waals surface area contributed by atoms with Crippen LogP contribution in [0.3, 0.4) is 0 Å². The van der Waals surface area contributed by atoms with Gasteiger partial charge in [0.15, 0.2) is 0 Å². The SMILES string of the molecule is c1ccc(Cn2cc(CCCCNc3ccncc3)c3ccccc32)cc1. The Morgan fingerprint density at radius 3 is 2.44 bits per heavy atom. The lowest BCUT2D eigenvalue weighted by molar-refractivity contribution is 0.758.